The molecule has 0 N–H and O–H groups in total. The molecule has 1 aliphatic heterocycles. The van der Waals surface area contributed by atoms with E-state index in [9.17, 15) is 4.79 Å². The zero-order valence-electron chi connectivity index (χ0n) is 6.30. The molecule has 1 aromatic rings. The molecule has 3 nitrogen and oxygen atoms in total. The maximum atomic E-state index is 11.0. The van der Waals surface area contributed by atoms with Gasteiger partial charge in [0.15, 0.2) is 11.5 Å². The Kier molecular flexibility index (Phi) is 2.49. The van der Waals surface area contributed by atoms with Crippen LogP contribution >= 0.6 is 38.9 Å². The minimum atomic E-state index is -0.516. The van der Waals surface area contributed by atoms with Crippen molar-refractivity contribution in [3.05, 3.63) is 8.66 Å². The number of ether oxygens (including phenoxy) is 2. The lowest BCUT2D eigenvalue weighted by atomic mass is 10.4. The number of carbonyl (C=O) groups is 1. The Bertz CT molecular complexity index is 363. The number of carbonyl (C=O) groups excluding carboxylic acids is 1. The third-order valence-corrected chi connectivity index (χ3v) is 3.62. The fourth-order valence-corrected chi connectivity index (χ4v) is 2.77. The summed E-state index contributed by atoms with van der Waals surface area (Å²) in [6, 6.07) is 0. The summed E-state index contributed by atoms with van der Waals surface area (Å²) >= 11 is 9.87. The van der Waals surface area contributed by atoms with E-state index < -0.39 is 5.24 Å². The van der Waals surface area contributed by atoms with E-state index in [4.69, 9.17) is 21.1 Å². The van der Waals surface area contributed by atoms with Gasteiger partial charge in [0.25, 0.3) is 5.24 Å². The molecule has 0 bridgehead atoms. The largest absolute Gasteiger partial charge is 0.484 e. The first-order valence-electron chi connectivity index (χ1n) is 3.48. The van der Waals surface area contributed by atoms with E-state index in [1.165, 1.54) is 11.3 Å². The predicted octanol–water partition coefficient (Wildman–Crippen LogP) is 2.66. The molecule has 1 aliphatic rings. The van der Waals surface area contributed by atoms with E-state index >= 15 is 0 Å². The molecule has 70 valence electrons. The van der Waals surface area contributed by atoms with E-state index in [0.717, 1.165) is 3.79 Å². The van der Waals surface area contributed by atoms with Gasteiger partial charge in [-0.3, -0.25) is 4.79 Å². The molecule has 1 aromatic heterocycles. The van der Waals surface area contributed by atoms with Crippen molar-refractivity contribution in [3.8, 4) is 11.5 Å². The minimum Gasteiger partial charge on any atom is -0.484 e. The Morgan fingerprint density at radius 1 is 1.38 bits per heavy atom. The first kappa shape index (κ1) is 9.30. The summed E-state index contributed by atoms with van der Waals surface area (Å²) in [6.45, 7) is 0.950. The summed E-state index contributed by atoms with van der Waals surface area (Å²) in [5, 5.41) is -0.516. The average molecular weight is 284 g/mol. The topological polar surface area (TPSA) is 35.5 Å². The van der Waals surface area contributed by atoms with Gasteiger partial charge >= 0.3 is 0 Å². The normalized spacial score (nSPS) is 14.3. The number of rotatable bonds is 1. The molecule has 0 aliphatic carbocycles. The first-order chi connectivity index (χ1) is 6.20. The van der Waals surface area contributed by atoms with E-state index in [2.05, 4.69) is 15.9 Å². The van der Waals surface area contributed by atoms with Gasteiger partial charge < -0.3 is 9.47 Å². The molecule has 0 amide bonds. The van der Waals surface area contributed by atoms with Crippen molar-refractivity contribution in [2.45, 2.75) is 0 Å². The highest BCUT2D eigenvalue weighted by Gasteiger charge is 2.26. The molecule has 0 spiro atoms. The number of fused-ring (bicyclic) bond motifs is 1. The van der Waals surface area contributed by atoms with Crippen LogP contribution in [-0.2, 0) is 0 Å². The first-order valence-corrected chi connectivity index (χ1v) is 5.46. The van der Waals surface area contributed by atoms with Crippen LogP contribution < -0.4 is 9.47 Å². The summed E-state index contributed by atoms with van der Waals surface area (Å²) in [5.41, 5.74) is 0. The zero-order chi connectivity index (χ0) is 9.42. The SMILES string of the molecule is O=C(Cl)c1sc(Br)c2c1OCCO2. The third-order valence-electron chi connectivity index (χ3n) is 1.54. The van der Waals surface area contributed by atoms with Gasteiger partial charge in [0.1, 0.15) is 21.9 Å². The van der Waals surface area contributed by atoms with Gasteiger partial charge in [-0.25, -0.2) is 0 Å². The Hall–Kier alpha value is -0.260. The van der Waals surface area contributed by atoms with Crippen molar-refractivity contribution in [1.29, 1.82) is 0 Å². The number of hydrogen-bond acceptors (Lipinski definition) is 4. The van der Waals surface area contributed by atoms with Gasteiger partial charge in [-0.2, -0.15) is 0 Å². The van der Waals surface area contributed by atoms with E-state index in [1.54, 1.807) is 0 Å². The molecule has 6 heteroatoms. The monoisotopic (exact) mass is 282 g/mol. The van der Waals surface area contributed by atoms with Crippen molar-refractivity contribution in [2.75, 3.05) is 13.2 Å². The van der Waals surface area contributed by atoms with Crippen LogP contribution in [-0.4, -0.2) is 18.5 Å². The van der Waals surface area contributed by atoms with Crippen LogP contribution in [0.15, 0.2) is 3.79 Å². The maximum absolute atomic E-state index is 11.0. The second kappa shape index (κ2) is 3.48. The molecule has 0 saturated heterocycles. The molecule has 2 rings (SSSR count). The molecule has 0 aromatic carbocycles. The van der Waals surface area contributed by atoms with Crippen molar-refractivity contribution < 1.29 is 14.3 Å². The van der Waals surface area contributed by atoms with Gasteiger partial charge in [0, 0.05) is 0 Å². The minimum absolute atomic E-state index is 0.392. The lowest BCUT2D eigenvalue weighted by Crippen LogP contribution is -2.15. The third kappa shape index (κ3) is 1.56. The molecule has 0 unspecified atom stereocenters. The highest BCUT2D eigenvalue weighted by atomic mass is 79.9. The average Bonchev–Trinajstić information content (AvgIpc) is 2.45. The maximum Gasteiger partial charge on any atom is 0.266 e. The second-order valence-electron chi connectivity index (χ2n) is 2.33. The van der Waals surface area contributed by atoms with Gasteiger partial charge in [-0.1, -0.05) is 0 Å². The fraction of sp³-hybridized carbons (Fsp3) is 0.286. The zero-order valence-corrected chi connectivity index (χ0v) is 9.46. The van der Waals surface area contributed by atoms with Crippen LogP contribution in [0.2, 0.25) is 0 Å². The van der Waals surface area contributed by atoms with E-state index in [1.807, 2.05) is 0 Å². The molecule has 13 heavy (non-hydrogen) atoms. The summed E-state index contributed by atoms with van der Waals surface area (Å²) in [6.07, 6.45) is 0. The standard InChI is InChI=1S/C7H4BrClO3S/c8-6-4-3(11-1-2-12-4)5(13-6)7(9)10/h1-2H2. The van der Waals surface area contributed by atoms with Gasteiger partial charge in [0.2, 0.25) is 0 Å². The second-order valence-corrected chi connectivity index (χ2v) is 5.02. The molecule has 2 heterocycles. The Labute approximate surface area is 91.7 Å². The molecule has 0 radical (unpaired) electrons. The molecular weight excluding hydrogens is 279 g/mol. The van der Waals surface area contributed by atoms with Crippen LogP contribution in [0.3, 0.4) is 0 Å². The van der Waals surface area contributed by atoms with E-state index in [-0.39, 0.29) is 0 Å². The number of halogens is 2. The summed E-state index contributed by atoms with van der Waals surface area (Å²) in [4.78, 5) is 11.3. The fourth-order valence-electron chi connectivity index (χ4n) is 1.04. The predicted molar refractivity (Wildman–Crippen MR) is 53.2 cm³/mol. The molecule has 0 saturated carbocycles. The molecule has 0 fully saturated rings. The highest BCUT2D eigenvalue weighted by Crippen LogP contribution is 2.47. The summed E-state index contributed by atoms with van der Waals surface area (Å²) < 4.78 is 11.3. The van der Waals surface area contributed by atoms with Gasteiger partial charge in [-0.15, -0.1) is 11.3 Å². The van der Waals surface area contributed by atoms with E-state index in [0.29, 0.717) is 29.6 Å². The quantitative estimate of drug-likeness (QED) is 0.743. The highest BCUT2D eigenvalue weighted by molar-refractivity contribution is 9.11. The Balaban J connectivity index is 2.53. The van der Waals surface area contributed by atoms with Crippen molar-refractivity contribution in [2.24, 2.45) is 0 Å². The number of hydrogen-bond donors (Lipinski definition) is 0. The van der Waals surface area contributed by atoms with Crippen molar-refractivity contribution in [1.82, 2.24) is 0 Å². The van der Waals surface area contributed by atoms with Crippen LogP contribution in [0.25, 0.3) is 0 Å². The molecule has 0 atom stereocenters. The lowest BCUT2D eigenvalue weighted by molar-refractivity contribution is 0.107. The van der Waals surface area contributed by atoms with Crippen LogP contribution in [0.5, 0.6) is 11.5 Å². The van der Waals surface area contributed by atoms with Gasteiger partial charge in [0.05, 0.1) is 0 Å². The van der Waals surface area contributed by atoms with Crippen LogP contribution in [0, 0.1) is 0 Å². The smallest absolute Gasteiger partial charge is 0.266 e. The Morgan fingerprint density at radius 2 is 2.00 bits per heavy atom. The molecular formula is C7H4BrClO3S. The lowest BCUT2D eigenvalue weighted by Gasteiger charge is -2.15. The van der Waals surface area contributed by atoms with Crippen LogP contribution in [0.4, 0.5) is 0 Å². The van der Waals surface area contributed by atoms with Crippen molar-refractivity contribution in [3.63, 3.8) is 0 Å². The van der Waals surface area contributed by atoms with Crippen LogP contribution in [0.1, 0.15) is 9.67 Å². The van der Waals surface area contributed by atoms with Gasteiger partial charge in [-0.05, 0) is 27.5 Å². The summed E-state index contributed by atoms with van der Waals surface area (Å²) in [7, 11) is 0. The Morgan fingerprint density at radius 3 is 2.62 bits per heavy atom. The summed E-state index contributed by atoms with van der Waals surface area (Å²) in [5.74, 6) is 1.04. The van der Waals surface area contributed by atoms with Crippen molar-refractivity contribution >= 4 is 44.1 Å². The number of thiophene rings is 1.